The van der Waals surface area contributed by atoms with Crippen LogP contribution in [0.5, 0.6) is 0 Å². The summed E-state index contributed by atoms with van der Waals surface area (Å²) in [6.45, 7) is 2.05. The summed E-state index contributed by atoms with van der Waals surface area (Å²) < 4.78 is 22.6. The summed E-state index contributed by atoms with van der Waals surface area (Å²) in [6, 6.07) is 0. The second-order valence-electron chi connectivity index (χ2n) is 3.88. The molecule has 0 aromatic heterocycles. The Labute approximate surface area is 89.9 Å². The number of aliphatic carboxylic acids is 1. The SMILES string of the molecule is CCCCCC1=C(C(=O)O)CS(=O)(=O)C1. The van der Waals surface area contributed by atoms with Crippen LogP contribution in [0.2, 0.25) is 0 Å². The summed E-state index contributed by atoms with van der Waals surface area (Å²) in [7, 11) is -3.18. The van der Waals surface area contributed by atoms with Crippen molar-refractivity contribution in [2.45, 2.75) is 32.6 Å². The number of carbonyl (C=O) groups is 1. The average molecular weight is 232 g/mol. The largest absolute Gasteiger partial charge is 0.478 e. The topological polar surface area (TPSA) is 71.4 Å². The number of hydrogen-bond acceptors (Lipinski definition) is 3. The predicted molar refractivity (Wildman–Crippen MR) is 57.5 cm³/mol. The lowest BCUT2D eigenvalue weighted by atomic mass is 10.0. The van der Waals surface area contributed by atoms with Gasteiger partial charge in [0.25, 0.3) is 0 Å². The van der Waals surface area contributed by atoms with Gasteiger partial charge in [-0.05, 0) is 18.4 Å². The highest BCUT2D eigenvalue weighted by atomic mass is 32.2. The highest BCUT2D eigenvalue weighted by molar-refractivity contribution is 7.92. The molecule has 0 atom stereocenters. The van der Waals surface area contributed by atoms with Crippen molar-refractivity contribution < 1.29 is 18.3 Å². The van der Waals surface area contributed by atoms with Crippen LogP contribution in [0.3, 0.4) is 0 Å². The monoisotopic (exact) mass is 232 g/mol. The zero-order valence-electron chi connectivity index (χ0n) is 8.82. The van der Waals surface area contributed by atoms with E-state index in [1.165, 1.54) is 0 Å². The third-order valence-electron chi connectivity index (χ3n) is 2.53. The van der Waals surface area contributed by atoms with Gasteiger partial charge in [0, 0.05) is 0 Å². The van der Waals surface area contributed by atoms with E-state index >= 15 is 0 Å². The molecule has 0 saturated heterocycles. The molecule has 0 aliphatic carbocycles. The molecule has 4 nitrogen and oxygen atoms in total. The second kappa shape index (κ2) is 4.79. The van der Waals surface area contributed by atoms with Gasteiger partial charge in [-0.2, -0.15) is 0 Å². The number of hydrogen-bond donors (Lipinski definition) is 1. The van der Waals surface area contributed by atoms with Crippen molar-refractivity contribution >= 4 is 15.8 Å². The maximum atomic E-state index is 11.3. The number of carboxylic acids is 1. The Kier molecular flexibility index (Phi) is 3.90. The standard InChI is InChI=1S/C10H16O4S/c1-2-3-4-5-8-6-15(13,14)7-9(8)10(11)12/h2-7H2,1H3,(H,11,12). The van der Waals surface area contributed by atoms with E-state index in [0.29, 0.717) is 12.0 Å². The first-order valence-electron chi connectivity index (χ1n) is 5.11. The minimum atomic E-state index is -3.18. The molecule has 1 aliphatic heterocycles. The van der Waals surface area contributed by atoms with Crippen LogP contribution in [0.1, 0.15) is 32.6 Å². The van der Waals surface area contributed by atoms with Gasteiger partial charge in [0.15, 0.2) is 9.84 Å². The molecule has 86 valence electrons. The summed E-state index contributed by atoms with van der Waals surface area (Å²) in [6.07, 6.45) is 3.53. The van der Waals surface area contributed by atoms with Gasteiger partial charge in [0.1, 0.15) is 0 Å². The molecular formula is C10H16O4S. The van der Waals surface area contributed by atoms with E-state index in [0.717, 1.165) is 19.3 Å². The molecule has 0 fully saturated rings. The zero-order chi connectivity index (χ0) is 11.5. The molecule has 15 heavy (non-hydrogen) atoms. The predicted octanol–water partition coefficient (Wildman–Crippen LogP) is 1.38. The quantitative estimate of drug-likeness (QED) is 0.727. The van der Waals surface area contributed by atoms with Crippen molar-refractivity contribution in [3.8, 4) is 0 Å². The van der Waals surface area contributed by atoms with Gasteiger partial charge in [-0.25, -0.2) is 13.2 Å². The molecule has 0 aromatic carbocycles. The molecule has 0 amide bonds. The van der Waals surface area contributed by atoms with Crippen molar-refractivity contribution in [2.24, 2.45) is 0 Å². The molecule has 0 saturated carbocycles. The number of sulfone groups is 1. The Morgan fingerprint density at radius 1 is 1.33 bits per heavy atom. The second-order valence-corrected chi connectivity index (χ2v) is 5.94. The maximum absolute atomic E-state index is 11.3. The third-order valence-corrected chi connectivity index (χ3v) is 4.04. The van der Waals surface area contributed by atoms with Gasteiger partial charge in [-0.1, -0.05) is 19.8 Å². The van der Waals surface area contributed by atoms with Crippen LogP contribution in [0.15, 0.2) is 11.1 Å². The molecule has 0 bridgehead atoms. The number of rotatable bonds is 5. The summed E-state index contributed by atoms with van der Waals surface area (Å²) in [5.74, 6) is -1.43. The highest BCUT2D eigenvalue weighted by Crippen LogP contribution is 2.24. The normalized spacial score (nSPS) is 19.5. The van der Waals surface area contributed by atoms with Crippen LogP contribution < -0.4 is 0 Å². The van der Waals surface area contributed by atoms with Gasteiger partial charge in [0.05, 0.1) is 17.1 Å². The Hall–Kier alpha value is -0.840. The van der Waals surface area contributed by atoms with Gasteiger partial charge < -0.3 is 5.11 Å². The summed E-state index contributed by atoms with van der Waals surface area (Å²) in [5, 5.41) is 8.85. The summed E-state index contributed by atoms with van der Waals surface area (Å²) in [5.41, 5.74) is 0.710. The number of unbranched alkanes of at least 4 members (excludes halogenated alkanes) is 2. The number of carboxylic acid groups (broad SMARTS) is 1. The Balaban J connectivity index is 2.72. The molecule has 1 aliphatic rings. The van der Waals surface area contributed by atoms with E-state index in [1.54, 1.807) is 0 Å². The minimum absolute atomic E-state index is 0.0572. The molecule has 1 rings (SSSR count). The van der Waals surface area contributed by atoms with E-state index in [9.17, 15) is 13.2 Å². The Morgan fingerprint density at radius 3 is 2.53 bits per heavy atom. The third kappa shape index (κ3) is 3.34. The Morgan fingerprint density at radius 2 is 2.00 bits per heavy atom. The first kappa shape index (κ1) is 12.2. The van der Waals surface area contributed by atoms with E-state index < -0.39 is 15.8 Å². The van der Waals surface area contributed by atoms with E-state index in [2.05, 4.69) is 6.92 Å². The van der Waals surface area contributed by atoms with E-state index in [4.69, 9.17) is 5.11 Å². The van der Waals surface area contributed by atoms with Gasteiger partial charge in [0.2, 0.25) is 0 Å². The molecule has 0 unspecified atom stereocenters. The lowest BCUT2D eigenvalue weighted by molar-refractivity contribution is -0.132. The van der Waals surface area contributed by atoms with E-state index in [-0.39, 0.29) is 17.1 Å². The fourth-order valence-corrected chi connectivity index (χ4v) is 3.47. The van der Waals surface area contributed by atoms with Crippen LogP contribution in [0.4, 0.5) is 0 Å². The van der Waals surface area contributed by atoms with Crippen LogP contribution in [-0.2, 0) is 14.6 Å². The van der Waals surface area contributed by atoms with Gasteiger partial charge in [-0.15, -0.1) is 0 Å². The molecule has 1 heterocycles. The van der Waals surface area contributed by atoms with Crippen LogP contribution in [0, 0.1) is 0 Å². The van der Waals surface area contributed by atoms with Crippen molar-refractivity contribution in [2.75, 3.05) is 11.5 Å². The fourth-order valence-electron chi connectivity index (χ4n) is 1.75. The van der Waals surface area contributed by atoms with Crippen LogP contribution >= 0.6 is 0 Å². The van der Waals surface area contributed by atoms with Crippen LogP contribution in [0.25, 0.3) is 0 Å². The van der Waals surface area contributed by atoms with Gasteiger partial charge >= 0.3 is 5.97 Å². The van der Waals surface area contributed by atoms with E-state index in [1.807, 2.05) is 0 Å². The van der Waals surface area contributed by atoms with Crippen LogP contribution in [-0.4, -0.2) is 31.0 Å². The highest BCUT2D eigenvalue weighted by Gasteiger charge is 2.30. The average Bonchev–Trinajstić information content (AvgIpc) is 2.42. The minimum Gasteiger partial charge on any atom is -0.478 e. The first-order chi connectivity index (χ1) is 6.96. The first-order valence-corrected chi connectivity index (χ1v) is 6.93. The molecule has 1 N–H and O–H groups in total. The lowest BCUT2D eigenvalue weighted by Gasteiger charge is -2.01. The molecule has 0 spiro atoms. The van der Waals surface area contributed by atoms with Crippen molar-refractivity contribution in [1.82, 2.24) is 0 Å². The molecule has 0 aromatic rings. The maximum Gasteiger partial charge on any atom is 0.332 e. The Bertz CT molecular complexity index is 378. The summed E-state index contributed by atoms with van der Waals surface area (Å²) in [4.78, 5) is 10.8. The van der Waals surface area contributed by atoms with Crippen molar-refractivity contribution in [3.63, 3.8) is 0 Å². The van der Waals surface area contributed by atoms with Crippen molar-refractivity contribution in [3.05, 3.63) is 11.1 Å². The van der Waals surface area contributed by atoms with Crippen molar-refractivity contribution in [1.29, 1.82) is 0 Å². The smallest absolute Gasteiger partial charge is 0.332 e. The van der Waals surface area contributed by atoms with Gasteiger partial charge in [-0.3, -0.25) is 0 Å². The molecular weight excluding hydrogens is 216 g/mol. The fraction of sp³-hybridized carbons (Fsp3) is 0.700. The lowest BCUT2D eigenvalue weighted by Crippen LogP contribution is -2.07. The molecule has 5 heteroatoms. The summed E-state index contributed by atoms with van der Waals surface area (Å²) >= 11 is 0. The molecule has 0 radical (unpaired) electrons. The zero-order valence-corrected chi connectivity index (χ0v) is 9.64.